The first-order valence-corrected chi connectivity index (χ1v) is 11.1. The van der Waals surface area contributed by atoms with E-state index in [2.05, 4.69) is 54.3 Å². The zero-order valence-corrected chi connectivity index (χ0v) is 18.7. The van der Waals surface area contributed by atoms with E-state index in [1.807, 2.05) is 19.9 Å². The Bertz CT molecular complexity index is 856. The largest absolute Gasteiger partial charge is 0.493 e. The Kier molecular flexibility index (Phi) is 5.82. The van der Waals surface area contributed by atoms with Gasteiger partial charge >= 0.3 is 0 Å². The second-order valence-electron chi connectivity index (χ2n) is 9.85. The van der Waals surface area contributed by atoms with Gasteiger partial charge in [0, 0.05) is 31.0 Å². The Hall–Kier alpha value is -2.04. The van der Waals surface area contributed by atoms with E-state index < -0.39 is 5.60 Å². The Balaban J connectivity index is 1.61. The van der Waals surface area contributed by atoms with Crippen LogP contribution in [0.5, 0.6) is 11.5 Å². The maximum atomic E-state index is 11.2. The van der Waals surface area contributed by atoms with E-state index in [9.17, 15) is 5.11 Å². The molecule has 0 bridgehead atoms. The molecule has 2 fully saturated rings. The van der Waals surface area contributed by atoms with Gasteiger partial charge in [-0.1, -0.05) is 43.3 Å². The molecule has 0 unspecified atom stereocenters. The van der Waals surface area contributed by atoms with Crippen LogP contribution in [0.25, 0.3) is 0 Å². The van der Waals surface area contributed by atoms with Crippen LogP contribution in [0.1, 0.15) is 50.7 Å². The van der Waals surface area contributed by atoms with Gasteiger partial charge in [-0.25, -0.2) is 0 Å². The average molecular weight is 410 g/mol. The van der Waals surface area contributed by atoms with Crippen LogP contribution in [0.4, 0.5) is 0 Å². The van der Waals surface area contributed by atoms with Crippen LogP contribution >= 0.6 is 0 Å². The maximum Gasteiger partial charge on any atom is 0.161 e. The van der Waals surface area contributed by atoms with Crippen molar-refractivity contribution in [1.82, 2.24) is 4.90 Å². The lowest BCUT2D eigenvalue weighted by Gasteiger charge is -2.42. The van der Waals surface area contributed by atoms with Gasteiger partial charge in [0.25, 0.3) is 0 Å². The van der Waals surface area contributed by atoms with Gasteiger partial charge < -0.3 is 14.6 Å². The van der Waals surface area contributed by atoms with Gasteiger partial charge in [-0.05, 0) is 55.9 Å². The summed E-state index contributed by atoms with van der Waals surface area (Å²) in [5, 5.41) is 11.2. The molecule has 2 aliphatic rings. The topological polar surface area (TPSA) is 41.9 Å². The molecule has 162 valence electrons. The third-order valence-corrected chi connectivity index (χ3v) is 7.17. The number of methoxy groups -OCH3 is 1. The van der Waals surface area contributed by atoms with Crippen LogP contribution in [0.2, 0.25) is 0 Å². The van der Waals surface area contributed by atoms with Gasteiger partial charge in [0.1, 0.15) is 0 Å². The summed E-state index contributed by atoms with van der Waals surface area (Å²) in [5.74, 6) is 2.49. The Morgan fingerprint density at radius 2 is 1.83 bits per heavy atom. The van der Waals surface area contributed by atoms with Crippen molar-refractivity contribution < 1.29 is 14.6 Å². The highest BCUT2D eigenvalue weighted by atomic mass is 16.5. The molecule has 1 N–H and O–H groups in total. The van der Waals surface area contributed by atoms with E-state index in [1.54, 1.807) is 7.11 Å². The van der Waals surface area contributed by atoms with Crippen molar-refractivity contribution in [2.75, 3.05) is 26.8 Å². The number of rotatable bonds is 8. The number of hydrogen-bond donors (Lipinski definition) is 1. The molecule has 4 nitrogen and oxygen atoms in total. The zero-order valence-electron chi connectivity index (χ0n) is 18.7. The Morgan fingerprint density at radius 3 is 2.47 bits per heavy atom. The van der Waals surface area contributed by atoms with Crippen LogP contribution in [-0.4, -0.2) is 42.4 Å². The molecule has 0 spiro atoms. The first kappa shape index (κ1) is 21.2. The molecule has 1 aliphatic heterocycles. The summed E-state index contributed by atoms with van der Waals surface area (Å²) < 4.78 is 11.7. The van der Waals surface area contributed by atoms with Crippen molar-refractivity contribution in [1.29, 1.82) is 0 Å². The number of aliphatic hydroxyl groups is 1. The SMILES string of the molecule is COc1ccc([C@@H]2CN(Cc3ccccc3)C[C@@]2(C)C(C)(C)O)cc1OCC1CC1. The van der Waals surface area contributed by atoms with Crippen LogP contribution < -0.4 is 9.47 Å². The predicted octanol–water partition coefficient (Wildman–Crippen LogP) is 4.86. The lowest BCUT2D eigenvalue weighted by Crippen LogP contribution is -2.46. The maximum absolute atomic E-state index is 11.2. The number of nitrogens with zero attached hydrogens (tertiary/aromatic N) is 1. The van der Waals surface area contributed by atoms with E-state index in [0.29, 0.717) is 5.92 Å². The molecule has 4 heteroatoms. The third-order valence-electron chi connectivity index (χ3n) is 7.17. The van der Waals surface area contributed by atoms with Gasteiger partial charge in [-0.2, -0.15) is 0 Å². The normalized spacial score (nSPS) is 24.8. The molecule has 2 aromatic carbocycles. The van der Waals surface area contributed by atoms with Crippen molar-refractivity contribution in [2.24, 2.45) is 11.3 Å². The summed E-state index contributed by atoms with van der Waals surface area (Å²) >= 11 is 0. The fourth-order valence-electron chi connectivity index (χ4n) is 4.67. The van der Waals surface area contributed by atoms with Crippen molar-refractivity contribution in [3.63, 3.8) is 0 Å². The molecule has 0 radical (unpaired) electrons. The van der Waals surface area contributed by atoms with E-state index in [1.165, 1.54) is 24.0 Å². The molecule has 1 saturated heterocycles. The van der Waals surface area contributed by atoms with Gasteiger partial charge in [0.05, 0.1) is 19.3 Å². The molecule has 1 aliphatic carbocycles. The van der Waals surface area contributed by atoms with Crippen LogP contribution in [-0.2, 0) is 6.54 Å². The summed E-state index contributed by atoms with van der Waals surface area (Å²) in [4.78, 5) is 2.47. The number of benzene rings is 2. The Labute approximate surface area is 180 Å². The fraction of sp³-hybridized carbons (Fsp3) is 0.538. The van der Waals surface area contributed by atoms with E-state index in [-0.39, 0.29) is 11.3 Å². The molecule has 1 heterocycles. The summed E-state index contributed by atoms with van der Waals surface area (Å²) in [5.41, 5.74) is 1.43. The Morgan fingerprint density at radius 1 is 1.10 bits per heavy atom. The minimum absolute atomic E-state index is 0.204. The third kappa shape index (κ3) is 4.35. The van der Waals surface area contributed by atoms with Crippen molar-refractivity contribution in [2.45, 2.75) is 51.7 Å². The second-order valence-corrected chi connectivity index (χ2v) is 9.85. The fourth-order valence-corrected chi connectivity index (χ4v) is 4.67. The first-order valence-electron chi connectivity index (χ1n) is 11.1. The highest BCUT2D eigenvalue weighted by molar-refractivity contribution is 5.45. The van der Waals surface area contributed by atoms with E-state index in [4.69, 9.17) is 9.47 Å². The minimum atomic E-state index is -0.807. The molecule has 2 atom stereocenters. The predicted molar refractivity (Wildman–Crippen MR) is 120 cm³/mol. The molecule has 30 heavy (non-hydrogen) atoms. The van der Waals surface area contributed by atoms with Crippen molar-refractivity contribution in [3.05, 3.63) is 59.7 Å². The average Bonchev–Trinajstić information content (AvgIpc) is 3.48. The van der Waals surface area contributed by atoms with Gasteiger partial charge in [0.15, 0.2) is 11.5 Å². The number of ether oxygens (including phenoxy) is 2. The van der Waals surface area contributed by atoms with E-state index >= 15 is 0 Å². The van der Waals surface area contributed by atoms with E-state index in [0.717, 1.165) is 37.7 Å². The smallest absolute Gasteiger partial charge is 0.161 e. The van der Waals surface area contributed by atoms with Crippen LogP contribution in [0.15, 0.2) is 48.5 Å². The second kappa shape index (κ2) is 8.24. The molecular formula is C26H35NO3. The first-order chi connectivity index (χ1) is 14.3. The van der Waals surface area contributed by atoms with Crippen molar-refractivity contribution >= 4 is 0 Å². The summed E-state index contributed by atoms with van der Waals surface area (Å²) in [6.07, 6.45) is 2.52. The van der Waals surface area contributed by atoms with Crippen molar-refractivity contribution in [3.8, 4) is 11.5 Å². The standard InChI is InChI=1S/C26H35NO3/c1-25(2,28)26(3)18-27(15-19-8-6-5-7-9-19)16-22(26)21-12-13-23(29-4)24(14-21)30-17-20-10-11-20/h5-9,12-14,20,22,28H,10-11,15-18H2,1-4H3/t22-,26+/m0/s1. The summed E-state index contributed by atoms with van der Waals surface area (Å²) in [6.45, 7) is 9.51. The highest BCUT2D eigenvalue weighted by Crippen LogP contribution is 2.51. The van der Waals surface area contributed by atoms with Gasteiger partial charge in [0.2, 0.25) is 0 Å². The molecule has 1 saturated carbocycles. The quantitative estimate of drug-likeness (QED) is 0.676. The monoisotopic (exact) mass is 409 g/mol. The van der Waals surface area contributed by atoms with Gasteiger partial charge in [-0.3, -0.25) is 4.90 Å². The number of likely N-dealkylation sites (tertiary alicyclic amines) is 1. The van der Waals surface area contributed by atoms with Crippen LogP contribution in [0.3, 0.4) is 0 Å². The highest BCUT2D eigenvalue weighted by Gasteiger charge is 2.52. The summed E-state index contributed by atoms with van der Waals surface area (Å²) in [7, 11) is 1.69. The molecular weight excluding hydrogens is 374 g/mol. The number of hydrogen-bond acceptors (Lipinski definition) is 4. The molecule has 0 amide bonds. The zero-order chi connectivity index (χ0) is 21.4. The molecule has 2 aromatic rings. The minimum Gasteiger partial charge on any atom is -0.493 e. The van der Waals surface area contributed by atoms with Gasteiger partial charge in [-0.15, -0.1) is 0 Å². The lowest BCUT2D eigenvalue weighted by atomic mass is 9.66. The summed E-state index contributed by atoms with van der Waals surface area (Å²) in [6, 6.07) is 16.9. The van der Waals surface area contributed by atoms with Crippen LogP contribution in [0, 0.1) is 11.3 Å². The molecule has 4 rings (SSSR count). The molecule has 0 aromatic heterocycles. The lowest BCUT2D eigenvalue weighted by molar-refractivity contribution is -0.0478.